The summed E-state index contributed by atoms with van der Waals surface area (Å²) in [5.74, 6) is -6.28. The molecule has 0 heterocycles. The lowest BCUT2D eigenvalue weighted by Gasteiger charge is -2.24. The van der Waals surface area contributed by atoms with Gasteiger partial charge < -0.3 is 4.74 Å². The Labute approximate surface area is 231 Å². The van der Waals surface area contributed by atoms with E-state index in [9.17, 15) is 22.0 Å². The Hall–Kier alpha value is -3.22. The summed E-state index contributed by atoms with van der Waals surface area (Å²) in [5.41, 5.74) is 1.36. The first-order chi connectivity index (χ1) is 19.2. The van der Waals surface area contributed by atoms with Gasteiger partial charge in [0, 0.05) is 5.56 Å². The molecule has 0 N–H and O–H groups in total. The molecule has 1 aliphatic rings. The van der Waals surface area contributed by atoms with Crippen LogP contribution in [0.5, 0.6) is 5.75 Å². The molecule has 1 aliphatic carbocycles. The van der Waals surface area contributed by atoms with Crippen molar-refractivity contribution in [1.29, 1.82) is 0 Å². The van der Waals surface area contributed by atoms with Crippen LogP contribution >= 0.6 is 0 Å². The highest BCUT2D eigenvalue weighted by molar-refractivity contribution is 5.67. The third kappa shape index (κ3) is 6.56. The Morgan fingerprint density at radius 2 is 1.43 bits per heavy atom. The van der Waals surface area contributed by atoms with Gasteiger partial charge in [-0.1, -0.05) is 62.6 Å². The minimum Gasteiger partial charge on any atom is -0.490 e. The molecule has 0 aliphatic heterocycles. The van der Waals surface area contributed by atoms with E-state index in [1.54, 1.807) is 18.2 Å². The highest BCUT2D eigenvalue weighted by Gasteiger charge is 2.25. The fourth-order valence-electron chi connectivity index (χ4n) is 5.22. The molecule has 214 valence electrons. The topological polar surface area (TPSA) is 9.23 Å². The summed E-state index contributed by atoms with van der Waals surface area (Å²) in [7, 11) is 0. The normalized spacial score (nSPS) is 15.3. The van der Waals surface area contributed by atoms with Gasteiger partial charge in [0.1, 0.15) is 0 Å². The van der Waals surface area contributed by atoms with Crippen LogP contribution in [0.2, 0.25) is 0 Å². The zero-order valence-electron chi connectivity index (χ0n) is 22.9. The molecule has 0 radical (unpaired) electrons. The molecule has 0 fully saturated rings. The number of rotatable bonds is 11. The average molecular weight is 561 g/mol. The largest absolute Gasteiger partial charge is 0.490 e. The molecule has 0 spiro atoms. The van der Waals surface area contributed by atoms with Crippen molar-refractivity contribution in [2.75, 3.05) is 6.61 Å². The first kappa shape index (κ1) is 29.8. The van der Waals surface area contributed by atoms with Crippen LogP contribution in [-0.4, -0.2) is 6.61 Å². The van der Waals surface area contributed by atoms with E-state index < -0.39 is 34.9 Å². The van der Waals surface area contributed by atoms with E-state index in [1.165, 1.54) is 31.2 Å². The van der Waals surface area contributed by atoms with Gasteiger partial charge in [-0.05, 0) is 85.3 Å². The van der Waals surface area contributed by atoms with Gasteiger partial charge in [-0.15, -0.1) is 0 Å². The molecule has 1 atom stereocenters. The quantitative estimate of drug-likeness (QED) is 0.168. The number of aryl methyl sites for hydroxylation is 3. The fraction of sp³-hybridized carbons (Fsp3) is 0.394. The molecule has 40 heavy (non-hydrogen) atoms. The third-order valence-electron chi connectivity index (χ3n) is 7.71. The predicted octanol–water partition coefficient (Wildman–Crippen LogP) is 9.93. The monoisotopic (exact) mass is 560 g/mol. The van der Waals surface area contributed by atoms with E-state index in [1.807, 2.05) is 0 Å². The van der Waals surface area contributed by atoms with Crippen LogP contribution in [-0.2, 0) is 12.8 Å². The predicted molar refractivity (Wildman–Crippen MR) is 145 cm³/mol. The summed E-state index contributed by atoms with van der Waals surface area (Å²) in [6.45, 7) is 3.87. The van der Waals surface area contributed by atoms with E-state index in [2.05, 4.69) is 6.92 Å². The maximum atomic E-state index is 15.1. The van der Waals surface area contributed by atoms with Crippen molar-refractivity contribution in [2.24, 2.45) is 0 Å². The molecule has 0 bridgehead atoms. The molecule has 0 saturated heterocycles. The minimum absolute atomic E-state index is 0.0156. The maximum Gasteiger partial charge on any atom is 0.200 e. The minimum atomic E-state index is -1.08. The molecule has 1 nitrogen and oxygen atoms in total. The van der Waals surface area contributed by atoms with Crippen molar-refractivity contribution in [3.05, 3.63) is 105 Å². The molecule has 4 rings (SSSR count). The second-order valence-electron chi connectivity index (χ2n) is 10.5. The molecule has 0 amide bonds. The lowest BCUT2D eigenvalue weighted by atomic mass is 9.82. The van der Waals surface area contributed by atoms with E-state index in [0.29, 0.717) is 31.4 Å². The number of ether oxygens (including phenoxy) is 1. The lowest BCUT2D eigenvalue weighted by molar-refractivity contribution is 0.284. The van der Waals surface area contributed by atoms with Crippen LogP contribution < -0.4 is 4.74 Å². The Balaban J connectivity index is 1.41. The number of benzene rings is 3. The van der Waals surface area contributed by atoms with E-state index >= 15 is 4.39 Å². The number of halogens is 6. The summed E-state index contributed by atoms with van der Waals surface area (Å²) < 4.78 is 93.0. The van der Waals surface area contributed by atoms with Crippen molar-refractivity contribution >= 4 is 5.57 Å². The average Bonchev–Trinajstić information content (AvgIpc) is 2.96. The van der Waals surface area contributed by atoms with Gasteiger partial charge in [0.05, 0.1) is 6.61 Å². The summed E-state index contributed by atoms with van der Waals surface area (Å²) in [6.07, 6.45) is 6.75. The summed E-state index contributed by atoms with van der Waals surface area (Å²) in [6, 6.07) is 8.84. The third-order valence-corrected chi connectivity index (χ3v) is 7.71. The number of hydrogen-bond acceptors (Lipinski definition) is 1. The molecule has 1 unspecified atom stereocenters. The zero-order chi connectivity index (χ0) is 28.8. The van der Waals surface area contributed by atoms with Gasteiger partial charge in [0.25, 0.3) is 0 Å². The van der Waals surface area contributed by atoms with Crippen LogP contribution in [0.4, 0.5) is 26.3 Å². The molecule has 7 heteroatoms. The summed E-state index contributed by atoms with van der Waals surface area (Å²) in [4.78, 5) is 0. The van der Waals surface area contributed by atoms with Crippen LogP contribution in [0.15, 0.2) is 42.5 Å². The van der Waals surface area contributed by atoms with Crippen molar-refractivity contribution in [3.63, 3.8) is 0 Å². The Bertz CT molecular complexity index is 1380. The molecular weight excluding hydrogens is 526 g/mol. The SMILES string of the molecule is CCCCCCOc1ccc(CCc2ccc(C3=CCC(c4ccc(C)c(F)c4F)CC3)c(F)c2F)c(F)c1F. The highest BCUT2D eigenvalue weighted by Crippen LogP contribution is 2.39. The van der Waals surface area contributed by atoms with Crippen LogP contribution in [0.1, 0.15) is 85.6 Å². The van der Waals surface area contributed by atoms with Crippen LogP contribution in [0.25, 0.3) is 5.57 Å². The highest BCUT2D eigenvalue weighted by atomic mass is 19.2. The Morgan fingerprint density at radius 3 is 2.10 bits per heavy atom. The van der Waals surface area contributed by atoms with Gasteiger partial charge in [0.15, 0.2) is 34.8 Å². The summed E-state index contributed by atoms with van der Waals surface area (Å²) in [5, 5.41) is 0. The van der Waals surface area contributed by atoms with Gasteiger partial charge >= 0.3 is 0 Å². The molecular formula is C33H34F6O. The molecule has 3 aromatic carbocycles. The van der Waals surface area contributed by atoms with Crippen LogP contribution in [0.3, 0.4) is 0 Å². The molecule has 3 aromatic rings. The van der Waals surface area contributed by atoms with Crippen molar-refractivity contribution in [3.8, 4) is 5.75 Å². The van der Waals surface area contributed by atoms with Crippen molar-refractivity contribution < 1.29 is 31.1 Å². The first-order valence-corrected chi connectivity index (χ1v) is 13.9. The lowest BCUT2D eigenvalue weighted by Crippen LogP contribution is -2.09. The Morgan fingerprint density at radius 1 is 0.725 bits per heavy atom. The van der Waals surface area contributed by atoms with Crippen molar-refractivity contribution in [2.45, 2.75) is 77.6 Å². The van der Waals surface area contributed by atoms with E-state index in [-0.39, 0.29) is 52.3 Å². The standard InChI is InChI=1S/C33H34F6O/c1-3-4-5-6-19-40-27-18-15-24(30(36)33(27)39)13-12-23-14-17-26(32(38)29(23)35)22-10-8-21(9-11-22)25-16-7-20(2)28(34)31(25)37/h7,10,14-18,21H,3-6,8-9,11-13,19H2,1-2H3. The van der Waals surface area contributed by atoms with Crippen LogP contribution in [0, 0.1) is 41.8 Å². The van der Waals surface area contributed by atoms with Gasteiger partial charge in [-0.25, -0.2) is 22.0 Å². The number of unbranched alkanes of at least 4 members (excludes halogenated alkanes) is 3. The maximum absolute atomic E-state index is 15.1. The Kier molecular flexibility index (Phi) is 9.99. The smallest absolute Gasteiger partial charge is 0.200 e. The summed E-state index contributed by atoms with van der Waals surface area (Å²) >= 11 is 0. The molecule has 0 aromatic heterocycles. The van der Waals surface area contributed by atoms with E-state index in [0.717, 1.165) is 25.7 Å². The second-order valence-corrected chi connectivity index (χ2v) is 10.5. The zero-order valence-corrected chi connectivity index (χ0v) is 22.9. The second kappa shape index (κ2) is 13.4. The fourth-order valence-corrected chi connectivity index (χ4v) is 5.22. The number of allylic oxidation sites excluding steroid dienone is 2. The first-order valence-electron chi connectivity index (χ1n) is 13.9. The van der Waals surface area contributed by atoms with Gasteiger partial charge in [-0.3, -0.25) is 0 Å². The van der Waals surface area contributed by atoms with Gasteiger partial charge in [-0.2, -0.15) is 4.39 Å². The van der Waals surface area contributed by atoms with Crippen molar-refractivity contribution in [1.82, 2.24) is 0 Å². The number of hydrogen-bond donors (Lipinski definition) is 0. The molecule has 0 saturated carbocycles. The van der Waals surface area contributed by atoms with E-state index in [4.69, 9.17) is 4.74 Å². The van der Waals surface area contributed by atoms with Gasteiger partial charge in [0.2, 0.25) is 5.82 Å².